The second-order valence-corrected chi connectivity index (χ2v) is 12.4. The molecule has 8 atom stereocenters. The van der Waals surface area contributed by atoms with E-state index in [0.29, 0.717) is 19.3 Å². The van der Waals surface area contributed by atoms with E-state index >= 15 is 0 Å². The van der Waals surface area contributed by atoms with Crippen molar-refractivity contribution in [1.29, 1.82) is 0 Å². The molecule has 246 valence electrons. The van der Waals surface area contributed by atoms with E-state index in [2.05, 4.69) is 26.6 Å². The zero-order chi connectivity index (χ0) is 33.2. The molecule has 2 heterocycles. The standard InChI is InChI=1S/C30H40F2N6O7/c1-13(2)23-29(44)37-24(15(4)39)30(45)38-12-16(34-27(42)18-8-5-9-19(31)22(18)32)11-21(38)28(43)33-14(3)25(40)35-20-10-6-7-17(20)26(41)36-23/h5,8-9,13-17,20-21,23-24,39H,6-7,10-12H2,1-4H3,(H,33,43)(H,34,42)(H,35,40)(H,36,41)(H,37,44)/t14-,15+,16-,17-,20-,21-,23+,24-/m0/s1. The van der Waals surface area contributed by atoms with Crippen molar-refractivity contribution in [2.24, 2.45) is 11.8 Å². The molecule has 15 heteroatoms. The van der Waals surface area contributed by atoms with Gasteiger partial charge in [-0.1, -0.05) is 26.3 Å². The molecule has 4 rings (SSSR count). The minimum absolute atomic E-state index is 0.162. The average molecular weight is 635 g/mol. The highest BCUT2D eigenvalue weighted by Gasteiger charge is 2.45. The molecule has 1 aliphatic carbocycles. The molecule has 0 aromatic heterocycles. The van der Waals surface area contributed by atoms with Crippen LogP contribution in [0.4, 0.5) is 8.78 Å². The second-order valence-electron chi connectivity index (χ2n) is 12.4. The topological polar surface area (TPSA) is 186 Å². The summed E-state index contributed by atoms with van der Waals surface area (Å²) >= 11 is 0. The predicted octanol–water partition coefficient (Wildman–Crippen LogP) is -0.526. The maximum Gasteiger partial charge on any atom is 0.254 e. The van der Waals surface area contributed by atoms with Crippen LogP contribution < -0.4 is 26.6 Å². The highest BCUT2D eigenvalue weighted by Crippen LogP contribution is 2.27. The Morgan fingerprint density at radius 3 is 2.29 bits per heavy atom. The molecule has 1 saturated carbocycles. The van der Waals surface area contributed by atoms with Gasteiger partial charge in [-0.05, 0) is 51.2 Å². The summed E-state index contributed by atoms with van der Waals surface area (Å²) < 4.78 is 28.1. The molecular formula is C30H40F2N6O7. The number of carbonyl (C=O) groups is 6. The highest BCUT2D eigenvalue weighted by atomic mass is 19.2. The Labute approximate surface area is 259 Å². The largest absolute Gasteiger partial charge is 0.391 e. The number of hydrogen-bond acceptors (Lipinski definition) is 7. The van der Waals surface area contributed by atoms with E-state index in [9.17, 15) is 42.7 Å². The maximum absolute atomic E-state index is 14.3. The molecule has 0 bridgehead atoms. The molecule has 0 spiro atoms. The number of fused-ring (bicyclic) bond motifs is 2. The number of aliphatic hydroxyl groups is 1. The van der Waals surface area contributed by atoms with Crippen molar-refractivity contribution in [2.75, 3.05) is 6.54 Å². The lowest BCUT2D eigenvalue weighted by atomic mass is 9.98. The molecule has 2 saturated heterocycles. The second kappa shape index (κ2) is 13.9. The molecule has 6 N–H and O–H groups in total. The summed E-state index contributed by atoms with van der Waals surface area (Å²) in [6.45, 7) is 5.84. The first-order valence-electron chi connectivity index (χ1n) is 15.1. The maximum atomic E-state index is 14.3. The molecule has 45 heavy (non-hydrogen) atoms. The third kappa shape index (κ3) is 7.40. The number of nitrogens with zero attached hydrogens (tertiary/aromatic N) is 1. The molecule has 3 aliphatic rings. The molecule has 0 unspecified atom stereocenters. The molecule has 1 aromatic carbocycles. The summed E-state index contributed by atoms with van der Waals surface area (Å²) in [6.07, 6.45) is 0.0504. The third-order valence-corrected chi connectivity index (χ3v) is 8.64. The van der Waals surface area contributed by atoms with Gasteiger partial charge in [-0.3, -0.25) is 28.8 Å². The van der Waals surface area contributed by atoms with Crippen LogP contribution in [0.15, 0.2) is 18.2 Å². The number of rotatable bonds is 4. The Kier molecular flexibility index (Phi) is 10.4. The van der Waals surface area contributed by atoms with Gasteiger partial charge in [0.2, 0.25) is 29.5 Å². The van der Waals surface area contributed by atoms with Gasteiger partial charge in [0.25, 0.3) is 5.91 Å². The van der Waals surface area contributed by atoms with E-state index in [4.69, 9.17) is 0 Å². The van der Waals surface area contributed by atoms with Gasteiger partial charge in [-0.25, -0.2) is 8.78 Å². The Balaban J connectivity index is 1.66. The summed E-state index contributed by atoms with van der Waals surface area (Å²) in [5.41, 5.74) is -0.572. The fraction of sp³-hybridized carbons (Fsp3) is 0.600. The van der Waals surface area contributed by atoms with Crippen molar-refractivity contribution in [3.8, 4) is 0 Å². The van der Waals surface area contributed by atoms with Crippen molar-refractivity contribution < 1.29 is 42.7 Å². The Morgan fingerprint density at radius 2 is 1.62 bits per heavy atom. The van der Waals surface area contributed by atoms with Gasteiger partial charge >= 0.3 is 0 Å². The first kappa shape index (κ1) is 33.7. The van der Waals surface area contributed by atoms with Gasteiger partial charge in [0.1, 0.15) is 24.2 Å². The Bertz CT molecular complexity index is 1360. The minimum atomic E-state index is -1.55. The van der Waals surface area contributed by atoms with E-state index in [1.807, 2.05) is 0 Å². The van der Waals surface area contributed by atoms with E-state index < -0.39 is 107 Å². The first-order valence-corrected chi connectivity index (χ1v) is 15.1. The van der Waals surface area contributed by atoms with Gasteiger partial charge in [0.05, 0.1) is 17.6 Å². The molecule has 1 aromatic rings. The number of halogens is 2. The zero-order valence-corrected chi connectivity index (χ0v) is 25.6. The molecule has 6 amide bonds. The van der Waals surface area contributed by atoms with Crippen LogP contribution in [0.1, 0.15) is 63.7 Å². The number of hydrogen-bond donors (Lipinski definition) is 6. The van der Waals surface area contributed by atoms with Gasteiger partial charge < -0.3 is 36.6 Å². The van der Waals surface area contributed by atoms with Crippen LogP contribution in [0.5, 0.6) is 0 Å². The van der Waals surface area contributed by atoms with E-state index in [1.165, 1.54) is 13.8 Å². The zero-order valence-electron chi connectivity index (χ0n) is 25.6. The SMILES string of the molecule is CC(C)[C@H]1NC(=O)[C@H]2CCC[C@@H]2NC(=O)[C@H](C)NC(=O)[C@@H]2C[C@H](NC(=O)c3cccc(F)c3F)CN2C(=O)[C@H]([C@@H](C)O)NC1=O. The number of carbonyl (C=O) groups excluding carboxylic acids is 6. The minimum Gasteiger partial charge on any atom is -0.391 e. The van der Waals surface area contributed by atoms with Crippen LogP contribution in [0.25, 0.3) is 0 Å². The van der Waals surface area contributed by atoms with Crippen LogP contribution in [-0.4, -0.2) is 94.3 Å². The quantitative estimate of drug-likeness (QED) is 0.257. The molecular weight excluding hydrogens is 594 g/mol. The summed E-state index contributed by atoms with van der Waals surface area (Å²) in [6, 6.07) is -3.31. The highest BCUT2D eigenvalue weighted by molar-refractivity contribution is 5.98. The van der Waals surface area contributed by atoms with Crippen LogP contribution in [0, 0.1) is 23.5 Å². The lowest BCUT2D eigenvalue weighted by Gasteiger charge is -2.33. The average Bonchev–Trinajstić information content (AvgIpc) is 3.61. The molecule has 0 radical (unpaired) electrons. The number of aliphatic hydroxyl groups excluding tert-OH is 1. The van der Waals surface area contributed by atoms with E-state index in [0.717, 1.165) is 23.1 Å². The summed E-state index contributed by atoms with van der Waals surface area (Å²) in [5, 5.41) is 23.8. The Morgan fingerprint density at radius 1 is 0.933 bits per heavy atom. The van der Waals surface area contributed by atoms with Gasteiger partial charge in [-0.2, -0.15) is 0 Å². The van der Waals surface area contributed by atoms with E-state index in [-0.39, 0.29) is 13.0 Å². The van der Waals surface area contributed by atoms with Gasteiger partial charge in [0.15, 0.2) is 11.6 Å². The summed E-state index contributed by atoms with van der Waals surface area (Å²) in [4.78, 5) is 81.1. The van der Waals surface area contributed by atoms with Crippen LogP contribution in [0.2, 0.25) is 0 Å². The van der Waals surface area contributed by atoms with Crippen molar-refractivity contribution in [1.82, 2.24) is 31.5 Å². The van der Waals surface area contributed by atoms with Crippen molar-refractivity contribution in [3.05, 3.63) is 35.4 Å². The van der Waals surface area contributed by atoms with Gasteiger partial charge in [0, 0.05) is 18.6 Å². The Hall–Kier alpha value is -4.14. The van der Waals surface area contributed by atoms with Crippen molar-refractivity contribution in [3.63, 3.8) is 0 Å². The monoisotopic (exact) mass is 634 g/mol. The number of nitrogens with one attached hydrogen (secondary N) is 5. The van der Waals surface area contributed by atoms with Gasteiger partial charge in [-0.15, -0.1) is 0 Å². The molecule has 3 fully saturated rings. The fourth-order valence-corrected chi connectivity index (χ4v) is 6.11. The normalized spacial score (nSPS) is 30.5. The molecule has 2 aliphatic heterocycles. The smallest absolute Gasteiger partial charge is 0.254 e. The lowest BCUT2D eigenvalue weighted by Crippen LogP contribution is -2.62. The predicted molar refractivity (Wildman–Crippen MR) is 155 cm³/mol. The van der Waals surface area contributed by atoms with E-state index in [1.54, 1.807) is 13.8 Å². The van der Waals surface area contributed by atoms with Crippen LogP contribution in [-0.2, 0) is 24.0 Å². The number of benzene rings is 1. The van der Waals surface area contributed by atoms with Crippen LogP contribution in [0.3, 0.4) is 0 Å². The fourth-order valence-electron chi connectivity index (χ4n) is 6.11. The van der Waals surface area contributed by atoms with Crippen molar-refractivity contribution >= 4 is 35.4 Å². The lowest BCUT2D eigenvalue weighted by molar-refractivity contribution is -0.145. The summed E-state index contributed by atoms with van der Waals surface area (Å²) in [7, 11) is 0. The summed E-state index contributed by atoms with van der Waals surface area (Å²) in [5.74, 6) is -7.93. The molecule has 13 nitrogen and oxygen atoms in total. The number of amides is 6. The third-order valence-electron chi connectivity index (χ3n) is 8.64. The first-order chi connectivity index (χ1) is 21.2. The van der Waals surface area contributed by atoms with Crippen LogP contribution >= 0.6 is 0 Å². The van der Waals surface area contributed by atoms with Crippen molar-refractivity contribution in [2.45, 2.75) is 95.7 Å².